The van der Waals surface area contributed by atoms with Gasteiger partial charge in [0.2, 0.25) is 0 Å². The first kappa shape index (κ1) is 52.5. The van der Waals surface area contributed by atoms with E-state index in [1.165, 1.54) is 0 Å². The topological polar surface area (TPSA) is 183 Å². The van der Waals surface area contributed by atoms with Crippen LogP contribution < -0.4 is 0 Å². The van der Waals surface area contributed by atoms with Gasteiger partial charge in [0.05, 0.1) is 55.8 Å². The van der Waals surface area contributed by atoms with E-state index in [-0.39, 0.29) is 0 Å². The van der Waals surface area contributed by atoms with Gasteiger partial charge >= 0.3 is 0 Å². The Morgan fingerprint density at radius 2 is 0.532 bits per heavy atom. The van der Waals surface area contributed by atoms with Gasteiger partial charge in [-0.25, -0.2) is 38.7 Å². The van der Waals surface area contributed by atoms with Crippen LogP contribution in [0.4, 0.5) is 0 Å². The van der Waals surface area contributed by atoms with E-state index in [1.807, 2.05) is 213 Å². The Balaban J connectivity index is 0.918. The second-order valence-electron chi connectivity index (χ2n) is 22.7. The highest BCUT2D eigenvalue weighted by atomic mass is 15.4. The summed E-state index contributed by atoms with van der Waals surface area (Å²) in [5.74, 6) is 4.54. The first-order valence-corrected chi connectivity index (χ1v) is 30.6. The molecule has 0 aliphatic rings. The Kier molecular flexibility index (Phi) is 11.8. The van der Waals surface area contributed by atoms with Crippen LogP contribution >= 0.6 is 0 Å². The highest BCUT2D eigenvalue weighted by molar-refractivity contribution is 6.27. The van der Waals surface area contributed by atoms with Crippen LogP contribution in [0.1, 0.15) is 0 Å². The van der Waals surface area contributed by atoms with Gasteiger partial charge in [-0.3, -0.25) is 19.9 Å². The molecule has 0 spiro atoms. The van der Waals surface area contributed by atoms with E-state index in [0.717, 1.165) is 99.6 Å². The summed E-state index contributed by atoms with van der Waals surface area (Å²) in [5.41, 5.74) is 15.1. The number of fused-ring (bicyclic) bond motifs is 8. The molecule has 94 heavy (non-hydrogen) atoms. The number of nitrogens with zero attached hydrogens (tertiary/aromatic N) is 18. The molecule has 0 saturated heterocycles. The smallest absolute Gasteiger partial charge is 0.182 e. The van der Waals surface area contributed by atoms with E-state index in [1.54, 1.807) is 24.8 Å². The van der Waals surface area contributed by atoms with Gasteiger partial charge in [-0.2, -0.15) is 0 Å². The van der Waals surface area contributed by atoms with E-state index in [2.05, 4.69) is 69.5 Å². The fraction of sp³-hybridized carbons (Fsp3) is 0. The molecule has 0 saturated carbocycles. The summed E-state index contributed by atoms with van der Waals surface area (Å²) >= 11 is 0. The SMILES string of the molecule is c1ccc(-n2nc(-c3ccc4c(c3)c3c(-c5nc(-c6ccccn6)n(-c6ccccc6)n5)ccc5c3n4c3ccc(-c4nc(-c6ccccn6)n(-c6ccccc6)n4)c4c6cc(-c7nc(-c8ccccn8)n(-c8ccccc8)n7)ccc6n5c43)nc2-c2ccccn2)cc1. The molecule has 0 radical (unpaired) electrons. The van der Waals surface area contributed by atoms with E-state index >= 15 is 0 Å². The lowest BCUT2D eigenvalue weighted by molar-refractivity contribution is 0.886. The fourth-order valence-electron chi connectivity index (χ4n) is 13.1. The molecule has 440 valence electrons. The van der Waals surface area contributed by atoms with Crippen LogP contribution in [0, 0.1) is 0 Å². The first-order chi connectivity index (χ1) is 46.6. The zero-order valence-corrected chi connectivity index (χ0v) is 49.6. The molecule has 0 unspecified atom stereocenters. The van der Waals surface area contributed by atoms with Crippen molar-refractivity contribution in [2.75, 3.05) is 0 Å². The minimum Gasteiger partial charge on any atom is -0.305 e. The molecule has 19 aromatic rings. The molecule has 11 aromatic heterocycles. The maximum atomic E-state index is 5.44. The summed E-state index contributed by atoms with van der Waals surface area (Å²) in [7, 11) is 0. The number of benzene rings is 8. The monoisotopic (exact) mass is 1210 g/mol. The van der Waals surface area contributed by atoms with Gasteiger partial charge in [0.25, 0.3) is 0 Å². The third-order valence-corrected chi connectivity index (χ3v) is 17.3. The van der Waals surface area contributed by atoms with Gasteiger partial charge < -0.3 is 8.80 Å². The van der Waals surface area contributed by atoms with Crippen LogP contribution in [-0.4, -0.2) is 87.8 Å². The lowest BCUT2D eigenvalue weighted by Gasteiger charge is -2.13. The third-order valence-electron chi connectivity index (χ3n) is 17.3. The average Bonchev–Trinajstić information content (AvgIpc) is 1.51. The molecule has 0 aliphatic carbocycles. The van der Waals surface area contributed by atoms with Crippen LogP contribution in [0.2, 0.25) is 0 Å². The third kappa shape index (κ3) is 8.29. The molecule has 18 heteroatoms. The quantitative estimate of drug-likeness (QED) is 0.106. The van der Waals surface area contributed by atoms with Crippen LogP contribution in [0.15, 0.2) is 280 Å². The van der Waals surface area contributed by atoms with Crippen molar-refractivity contribution in [3.8, 4) is 114 Å². The Bertz CT molecular complexity index is 5460. The van der Waals surface area contributed by atoms with Crippen molar-refractivity contribution in [1.29, 1.82) is 0 Å². The van der Waals surface area contributed by atoms with Crippen molar-refractivity contribution < 1.29 is 0 Å². The highest BCUT2D eigenvalue weighted by Crippen LogP contribution is 2.48. The molecule has 0 bridgehead atoms. The maximum absolute atomic E-state index is 5.44. The van der Waals surface area contributed by atoms with Gasteiger partial charge in [0.1, 0.15) is 22.8 Å². The molecule has 0 atom stereocenters. The minimum atomic E-state index is 0.522. The molecule has 0 amide bonds. The van der Waals surface area contributed by atoms with Gasteiger partial charge in [0, 0.05) is 68.6 Å². The standard InChI is InChI=1S/C76H46N18/c1-5-21-49(22-6-1)91-73(57-29-13-17-41-77-57)81-69(85-91)47-33-37-61-55(45-47)65-53(71-83-75(59-31-15-19-43-79-59)93(87-71)51-25-9-3-10-26-51)35-39-63-67(65)89(61)64-40-36-54(72-84-76(60-32-16-20-44-80-60)94(88-72)52-27-11-4-12-28-52)66-56-46-48(34-38-62(56)90(63)68(64)66)70-82-74(58-30-14-18-42-78-58)92(86-70)50-23-7-2-8-24-50/h1-46H. The lowest BCUT2D eigenvalue weighted by atomic mass is 10.0. The van der Waals surface area contributed by atoms with Gasteiger partial charge in [-0.15, -0.1) is 20.4 Å². The predicted octanol–water partition coefficient (Wildman–Crippen LogP) is 15.5. The highest BCUT2D eigenvalue weighted by Gasteiger charge is 2.30. The summed E-state index contributed by atoms with van der Waals surface area (Å²) in [5, 5.41) is 25.1. The van der Waals surface area contributed by atoms with Crippen molar-refractivity contribution >= 4 is 54.6 Å². The largest absolute Gasteiger partial charge is 0.305 e. The van der Waals surface area contributed by atoms with Crippen molar-refractivity contribution in [1.82, 2.24) is 87.8 Å². The minimum absolute atomic E-state index is 0.522. The molecular formula is C76H46N18. The average molecular weight is 1210 g/mol. The van der Waals surface area contributed by atoms with Crippen molar-refractivity contribution in [3.63, 3.8) is 0 Å². The van der Waals surface area contributed by atoms with Crippen molar-refractivity contribution in [2.24, 2.45) is 0 Å². The Hall–Kier alpha value is -13.5. The molecular weight excluding hydrogens is 1160 g/mol. The Labute approximate surface area is 533 Å². The maximum Gasteiger partial charge on any atom is 0.182 e. The first-order valence-electron chi connectivity index (χ1n) is 30.6. The second-order valence-corrected chi connectivity index (χ2v) is 22.7. The van der Waals surface area contributed by atoms with Gasteiger partial charge in [-0.05, 0) is 158 Å². The zero-order chi connectivity index (χ0) is 61.8. The van der Waals surface area contributed by atoms with Crippen molar-refractivity contribution in [2.45, 2.75) is 0 Å². The van der Waals surface area contributed by atoms with Crippen LogP contribution in [-0.2, 0) is 0 Å². The fourth-order valence-corrected chi connectivity index (χ4v) is 13.1. The van der Waals surface area contributed by atoms with E-state index < -0.39 is 0 Å². The number of hydrogen-bond donors (Lipinski definition) is 0. The molecule has 19 rings (SSSR count). The van der Waals surface area contributed by atoms with E-state index in [9.17, 15) is 0 Å². The van der Waals surface area contributed by atoms with Crippen LogP contribution in [0.5, 0.6) is 0 Å². The number of aromatic nitrogens is 18. The second kappa shape index (κ2) is 21.1. The number of rotatable bonds is 12. The van der Waals surface area contributed by atoms with Gasteiger partial charge in [-0.1, -0.05) is 97.1 Å². The van der Waals surface area contributed by atoms with E-state index in [4.69, 9.17) is 60.3 Å². The summed E-state index contributed by atoms with van der Waals surface area (Å²) in [6.07, 6.45) is 7.12. The number of hydrogen-bond acceptors (Lipinski definition) is 12. The molecule has 18 nitrogen and oxygen atoms in total. The normalized spacial score (nSPS) is 11.8. The van der Waals surface area contributed by atoms with E-state index in [0.29, 0.717) is 69.4 Å². The Morgan fingerprint density at radius 3 is 0.840 bits per heavy atom. The number of para-hydroxylation sites is 4. The molecule has 11 heterocycles. The van der Waals surface area contributed by atoms with Crippen LogP contribution in [0.3, 0.4) is 0 Å². The predicted molar refractivity (Wildman–Crippen MR) is 364 cm³/mol. The van der Waals surface area contributed by atoms with Crippen molar-refractivity contribution in [3.05, 3.63) is 280 Å². The Morgan fingerprint density at radius 1 is 0.245 bits per heavy atom. The lowest BCUT2D eigenvalue weighted by Crippen LogP contribution is -2.00. The van der Waals surface area contributed by atoms with Gasteiger partial charge in [0.15, 0.2) is 46.6 Å². The zero-order valence-electron chi connectivity index (χ0n) is 49.6. The molecule has 8 aromatic carbocycles. The summed E-state index contributed by atoms with van der Waals surface area (Å²) in [4.78, 5) is 40.6. The summed E-state index contributed by atoms with van der Waals surface area (Å²) < 4.78 is 12.3. The van der Waals surface area contributed by atoms with Crippen LogP contribution in [0.25, 0.3) is 169 Å². The summed E-state index contributed by atoms with van der Waals surface area (Å²) in [6.45, 7) is 0. The summed E-state index contributed by atoms with van der Waals surface area (Å²) in [6, 6.07) is 85.3. The number of pyridine rings is 4. The molecule has 0 aliphatic heterocycles. The molecule has 0 N–H and O–H groups in total. The molecule has 0 fully saturated rings.